The molecular weight excluding hydrogens is 270 g/mol. The number of carbonyl (C=O) groups is 2. The van der Waals surface area contributed by atoms with Crippen molar-refractivity contribution in [1.29, 1.82) is 0 Å². The average Bonchev–Trinajstić information content (AvgIpc) is 2.67. The highest BCUT2D eigenvalue weighted by molar-refractivity contribution is 5.83. The predicted octanol–water partition coefficient (Wildman–Crippen LogP) is 3.36. The molecule has 1 saturated heterocycles. The molecule has 21 heavy (non-hydrogen) atoms. The first-order chi connectivity index (χ1) is 9.44. The van der Waals surface area contributed by atoms with Crippen molar-refractivity contribution in [1.82, 2.24) is 4.90 Å². The third-order valence-electron chi connectivity index (χ3n) is 3.32. The van der Waals surface area contributed by atoms with Gasteiger partial charge in [0.2, 0.25) is 0 Å². The highest BCUT2D eigenvalue weighted by Gasteiger charge is 2.44. The zero-order chi connectivity index (χ0) is 16.4. The summed E-state index contributed by atoms with van der Waals surface area (Å²) in [4.78, 5) is 26.3. The van der Waals surface area contributed by atoms with E-state index in [-0.39, 0.29) is 11.9 Å². The van der Waals surface area contributed by atoms with Gasteiger partial charge in [-0.3, -0.25) is 4.90 Å². The second kappa shape index (κ2) is 6.24. The van der Waals surface area contributed by atoms with Gasteiger partial charge >= 0.3 is 12.1 Å². The van der Waals surface area contributed by atoms with E-state index in [1.54, 1.807) is 0 Å². The van der Waals surface area contributed by atoms with Gasteiger partial charge in [0, 0.05) is 6.54 Å². The first-order valence-corrected chi connectivity index (χ1v) is 7.67. The van der Waals surface area contributed by atoms with Crippen molar-refractivity contribution in [2.75, 3.05) is 6.54 Å². The van der Waals surface area contributed by atoms with E-state index in [0.717, 1.165) is 12.8 Å². The van der Waals surface area contributed by atoms with Crippen LogP contribution in [0, 0.1) is 5.92 Å². The Morgan fingerprint density at radius 2 is 1.57 bits per heavy atom. The summed E-state index contributed by atoms with van der Waals surface area (Å²) >= 11 is 0. The fraction of sp³-hybridized carbons (Fsp3) is 0.875. The second-order valence-corrected chi connectivity index (χ2v) is 7.61. The zero-order valence-corrected chi connectivity index (χ0v) is 14.4. The Hall–Kier alpha value is -1.26. The summed E-state index contributed by atoms with van der Waals surface area (Å²) in [6.07, 6.45) is 1.21. The van der Waals surface area contributed by atoms with Crippen molar-refractivity contribution in [3.8, 4) is 0 Å². The van der Waals surface area contributed by atoms with Gasteiger partial charge in [0.1, 0.15) is 17.2 Å². The van der Waals surface area contributed by atoms with Crippen LogP contribution in [0.1, 0.15) is 61.3 Å². The lowest BCUT2D eigenvalue weighted by molar-refractivity contribution is -0.161. The summed E-state index contributed by atoms with van der Waals surface area (Å²) in [7, 11) is 0. The molecule has 0 aromatic carbocycles. The lowest BCUT2D eigenvalue weighted by Crippen LogP contribution is -2.47. The fourth-order valence-electron chi connectivity index (χ4n) is 2.49. The van der Waals surface area contributed by atoms with Gasteiger partial charge in [-0.25, -0.2) is 9.59 Å². The average molecular weight is 299 g/mol. The minimum absolute atomic E-state index is 0.132. The molecule has 0 aromatic rings. The Labute approximate surface area is 128 Å². The Balaban J connectivity index is 2.88. The smallest absolute Gasteiger partial charge is 0.411 e. The standard InChI is InChI=1S/C16H29NO4/c1-8-11-9-10-17(14(19)21-16(5,6)7)12(11)13(18)20-15(2,3)4/h11-12H,8-10H2,1-7H3/t11?,12-/m0/s1. The number of hydrogen-bond acceptors (Lipinski definition) is 4. The Morgan fingerprint density at radius 1 is 1.05 bits per heavy atom. The number of esters is 1. The molecule has 0 spiro atoms. The zero-order valence-electron chi connectivity index (χ0n) is 14.4. The quantitative estimate of drug-likeness (QED) is 0.734. The number of ether oxygens (including phenoxy) is 2. The molecule has 0 radical (unpaired) electrons. The number of carbonyl (C=O) groups excluding carboxylic acids is 2. The van der Waals surface area contributed by atoms with E-state index in [4.69, 9.17) is 9.47 Å². The summed E-state index contributed by atoms with van der Waals surface area (Å²) in [5, 5.41) is 0. The molecule has 1 fully saturated rings. The molecule has 1 rings (SSSR count). The summed E-state index contributed by atoms with van der Waals surface area (Å²) < 4.78 is 10.9. The lowest BCUT2D eigenvalue weighted by atomic mass is 9.97. The number of amides is 1. The van der Waals surface area contributed by atoms with Gasteiger partial charge in [-0.1, -0.05) is 13.3 Å². The Kier molecular flexibility index (Phi) is 5.29. The molecule has 5 heteroatoms. The molecule has 0 saturated carbocycles. The topological polar surface area (TPSA) is 55.8 Å². The third kappa shape index (κ3) is 5.21. The van der Waals surface area contributed by atoms with Crippen LogP contribution < -0.4 is 0 Å². The van der Waals surface area contributed by atoms with Gasteiger partial charge < -0.3 is 9.47 Å². The minimum Gasteiger partial charge on any atom is -0.458 e. The van der Waals surface area contributed by atoms with E-state index in [1.807, 2.05) is 48.5 Å². The maximum absolute atomic E-state index is 12.4. The van der Waals surface area contributed by atoms with Crippen LogP contribution in [0.4, 0.5) is 4.79 Å². The maximum atomic E-state index is 12.4. The maximum Gasteiger partial charge on any atom is 0.411 e. The van der Waals surface area contributed by atoms with Crippen LogP contribution in [-0.4, -0.2) is 40.8 Å². The van der Waals surface area contributed by atoms with Crippen LogP contribution in [0.5, 0.6) is 0 Å². The normalized spacial score (nSPS) is 23.1. The summed E-state index contributed by atoms with van der Waals surface area (Å²) in [5.74, 6) is -0.204. The van der Waals surface area contributed by atoms with Crippen LogP contribution in [0.25, 0.3) is 0 Å². The number of likely N-dealkylation sites (tertiary alicyclic amines) is 1. The summed E-state index contributed by atoms with van der Waals surface area (Å²) in [5.41, 5.74) is -1.13. The first kappa shape index (κ1) is 17.8. The van der Waals surface area contributed by atoms with Crippen molar-refractivity contribution in [2.45, 2.75) is 78.6 Å². The summed E-state index contributed by atoms with van der Waals surface area (Å²) in [6.45, 7) is 13.5. The highest BCUT2D eigenvalue weighted by atomic mass is 16.6. The number of nitrogens with zero attached hydrogens (tertiary/aromatic N) is 1. The van der Waals surface area contributed by atoms with E-state index in [9.17, 15) is 9.59 Å². The van der Waals surface area contributed by atoms with Gasteiger partial charge in [-0.05, 0) is 53.9 Å². The van der Waals surface area contributed by atoms with Gasteiger partial charge in [-0.15, -0.1) is 0 Å². The minimum atomic E-state index is -0.570. The van der Waals surface area contributed by atoms with Crippen LogP contribution >= 0.6 is 0 Å². The monoisotopic (exact) mass is 299 g/mol. The van der Waals surface area contributed by atoms with E-state index >= 15 is 0 Å². The van der Waals surface area contributed by atoms with Crippen molar-refractivity contribution < 1.29 is 19.1 Å². The molecule has 1 aliphatic rings. The molecule has 122 valence electrons. The molecule has 1 aliphatic heterocycles. The van der Waals surface area contributed by atoms with Gasteiger partial charge in [0.05, 0.1) is 0 Å². The number of rotatable bonds is 2. The van der Waals surface area contributed by atoms with E-state index < -0.39 is 23.3 Å². The van der Waals surface area contributed by atoms with Crippen LogP contribution in [0.3, 0.4) is 0 Å². The molecule has 2 atom stereocenters. The second-order valence-electron chi connectivity index (χ2n) is 7.61. The van der Waals surface area contributed by atoms with Crippen LogP contribution in [0.15, 0.2) is 0 Å². The van der Waals surface area contributed by atoms with Crippen LogP contribution in [0.2, 0.25) is 0 Å². The van der Waals surface area contributed by atoms with Gasteiger partial charge in [0.25, 0.3) is 0 Å². The predicted molar refractivity (Wildman–Crippen MR) is 81.0 cm³/mol. The molecule has 1 heterocycles. The highest BCUT2D eigenvalue weighted by Crippen LogP contribution is 2.30. The lowest BCUT2D eigenvalue weighted by Gasteiger charge is -2.31. The Bertz CT molecular complexity index is 392. The molecule has 0 N–H and O–H groups in total. The van der Waals surface area contributed by atoms with Crippen molar-refractivity contribution in [2.24, 2.45) is 5.92 Å². The molecule has 1 amide bonds. The molecule has 5 nitrogen and oxygen atoms in total. The molecule has 0 bridgehead atoms. The number of hydrogen-bond donors (Lipinski definition) is 0. The van der Waals surface area contributed by atoms with E-state index in [2.05, 4.69) is 0 Å². The van der Waals surface area contributed by atoms with Crippen molar-refractivity contribution >= 4 is 12.1 Å². The van der Waals surface area contributed by atoms with Crippen molar-refractivity contribution in [3.63, 3.8) is 0 Å². The third-order valence-corrected chi connectivity index (χ3v) is 3.32. The van der Waals surface area contributed by atoms with E-state index in [0.29, 0.717) is 6.54 Å². The van der Waals surface area contributed by atoms with Gasteiger partial charge in [-0.2, -0.15) is 0 Å². The molecule has 0 aromatic heterocycles. The Morgan fingerprint density at radius 3 is 2.00 bits per heavy atom. The van der Waals surface area contributed by atoms with Crippen molar-refractivity contribution in [3.05, 3.63) is 0 Å². The van der Waals surface area contributed by atoms with Crippen LogP contribution in [-0.2, 0) is 14.3 Å². The largest absolute Gasteiger partial charge is 0.458 e. The molecule has 0 aliphatic carbocycles. The molecular formula is C16H29NO4. The van der Waals surface area contributed by atoms with E-state index in [1.165, 1.54) is 4.90 Å². The fourth-order valence-corrected chi connectivity index (χ4v) is 2.49. The SMILES string of the molecule is CCC1CCN(C(=O)OC(C)(C)C)[C@@H]1C(=O)OC(C)(C)C. The first-order valence-electron chi connectivity index (χ1n) is 7.67. The molecule has 1 unspecified atom stereocenters. The summed E-state index contributed by atoms with van der Waals surface area (Å²) in [6, 6.07) is -0.538. The van der Waals surface area contributed by atoms with Gasteiger partial charge in [0.15, 0.2) is 0 Å².